The van der Waals surface area contributed by atoms with Crippen molar-refractivity contribution >= 4 is 0 Å². The van der Waals surface area contributed by atoms with Gasteiger partial charge in [0, 0.05) is 12.5 Å². The Kier molecular flexibility index (Phi) is 3.62. The van der Waals surface area contributed by atoms with Crippen molar-refractivity contribution in [3.8, 4) is 0 Å². The first-order valence-corrected chi connectivity index (χ1v) is 7.70. The Morgan fingerprint density at radius 2 is 2.26 bits per heavy atom. The highest BCUT2D eigenvalue weighted by Crippen LogP contribution is 2.54. The van der Waals surface area contributed by atoms with E-state index >= 15 is 0 Å². The van der Waals surface area contributed by atoms with E-state index in [1.165, 1.54) is 37.7 Å². The minimum atomic E-state index is -0.0942. The molecular formula is C17H24FN. The molecule has 0 amide bonds. The van der Waals surface area contributed by atoms with Crippen LogP contribution in [0, 0.1) is 17.2 Å². The van der Waals surface area contributed by atoms with Crippen LogP contribution in [0.2, 0.25) is 0 Å². The zero-order chi connectivity index (χ0) is 13.3. The highest BCUT2D eigenvalue weighted by Gasteiger charge is 2.46. The van der Waals surface area contributed by atoms with Gasteiger partial charge in [-0.15, -0.1) is 0 Å². The predicted octanol–water partition coefficient (Wildman–Crippen LogP) is 4.10. The van der Waals surface area contributed by atoms with Crippen LogP contribution in [0.4, 0.5) is 4.39 Å². The monoisotopic (exact) mass is 261 g/mol. The maximum absolute atomic E-state index is 13.5. The molecule has 0 aromatic heterocycles. The third-order valence-corrected chi connectivity index (χ3v) is 5.46. The Hall–Kier alpha value is -0.890. The van der Waals surface area contributed by atoms with E-state index in [0.717, 1.165) is 19.0 Å². The molecule has 1 saturated carbocycles. The Labute approximate surface area is 115 Å². The van der Waals surface area contributed by atoms with Crippen LogP contribution in [0.3, 0.4) is 0 Å². The maximum atomic E-state index is 13.5. The van der Waals surface area contributed by atoms with Crippen LogP contribution < -0.4 is 5.32 Å². The lowest BCUT2D eigenvalue weighted by molar-refractivity contribution is 0.162. The first-order valence-electron chi connectivity index (χ1n) is 7.70. The quantitative estimate of drug-likeness (QED) is 0.845. The van der Waals surface area contributed by atoms with Crippen LogP contribution in [0.25, 0.3) is 0 Å². The van der Waals surface area contributed by atoms with Crippen molar-refractivity contribution in [3.05, 3.63) is 35.6 Å². The van der Waals surface area contributed by atoms with Gasteiger partial charge < -0.3 is 5.32 Å². The molecule has 1 saturated heterocycles. The van der Waals surface area contributed by atoms with Gasteiger partial charge in [-0.05, 0) is 61.3 Å². The molecule has 2 fully saturated rings. The molecule has 3 atom stereocenters. The van der Waals surface area contributed by atoms with Gasteiger partial charge in [-0.2, -0.15) is 0 Å². The van der Waals surface area contributed by atoms with Gasteiger partial charge in [0.15, 0.2) is 0 Å². The summed E-state index contributed by atoms with van der Waals surface area (Å²) in [4.78, 5) is 0. The van der Waals surface area contributed by atoms with Crippen molar-refractivity contribution in [1.82, 2.24) is 5.32 Å². The van der Waals surface area contributed by atoms with Crippen molar-refractivity contribution in [2.45, 2.75) is 44.9 Å². The molecule has 1 spiro atoms. The van der Waals surface area contributed by atoms with Crippen LogP contribution in [0.1, 0.15) is 50.5 Å². The van der Waals surface area contributed by atoms with Gasteiger partial charge in [0.2, 0.25) is 0 Å². The summed E-state index contributed by atoms with van der Waals surface area (Å²) in [6.45, 7) is 4.45. The van der Waals surface area contributed by atoms with E-state index in [1.807, 2.05) is 6.07 Å². The topological polar surface area (TPSA) is 12.0 Å². The van der Waals surface area contributed by atoms with Crippen molar-refractivity contribution in [2.24, 2.45) is 11.3 Å². The number of nitrogens with one attached hydrogen (secondary N) is 1. The van der Waals surface area contributed by atoms with Crippen LogP contribution >= 0.6 is 0 Å². The number of halogens is 1. The summed E-state index contributed by atoms with van der Waals surface area (Å²) in [6.07, 6.45) is 6.58. The van der Waals surface area contributed by atoms with E-state index in [0.29, 0.717) is 11.3 Å². The van der Waals surface area contributed by atoms with Crippen LogP contribution in [0.5, 0.6) is 0 Å². The smallest absolute Gasteiger partial charge is 0.123 e. The van der Waals surface area contributed by atoms with Gasteiger partial charge in [-0.25, -0.2) is 4.39 Å². The molecule has 0 bridgehead atoms. The minimum absolute atomic E-state index is 0.0942. The molecule has 104 valence electrons. The molecule has 1 aliphatic heterocycles. The number of rotatable bonds is 2. The zero-order valence-corrected chi connectivity index (χ0v) is 11.8. The fraction of sp³-hybridized carbons (Fsp3) is 0.647. The average Bonchev–Trinajstić information content (AvgIpc) is 2.83. The summed E-state index contributed by atoms with van der Waals surface area (Å²) in [5, 5.41) is 3.51. The van der Waals surface area contributed by atoms with E-state index in [9.17, 15) is 4.39 Å². The molecule has 1 nitrogen and oxygen atoms in total. The van der Waals surface area contributed by atoms with Crippen molar-refractivity contribution < 1.29 is 4.39 Å². The second kappa shape index (κ2) is 5.24. The van der Waals surface area contributed by atoms with E-state index in [2.05, 4.69) is 18.3 Å². The normalized spacial score (nSPS) is 34.8. The Balaban J connectivity index is 1.89. The number of hydrogen-bond acceptors (Lipinski definition) is 1. The second-order valence-electron chi connectivity index (χ2n) is 6.44. The fourth-order valence-electron chi connectivity index (χ4n) is 4.33. The Morgan fingerprint density at radius 3 is 3.00 bits per heavy atom. The van der Waals surface area contributed by atoms with Crippen molar-refractivity contribution in [1.29, 1.82) is 0 Å². The molecule has 1 N–H and O–H groups in total. The highest BCUT2D eigenvalue weighted by molar-refractivity contribution is 5.25. The lowest BCUT2D eigenvalue weighted by Gasteiger charge is -2.42. The van der Waals surface area contributed by atoms with Crippen LogP contribution in [-0.2, 0) is 0 Å². The summed E-state index contributed by atoms with van der Waals surface area (Å²) < 4.78 is 13.5. The van der Waals surface area contributed by atoms with E-state index in [-0.39, 0.29) is 5.82 Å². The molecule has 3 unspecified atom stereocenters. The molecule has 0 radical (unpaired) electrons. The first kappa shape index (κ1) is 13.1. The Bertz CT molecular complexity index is 445. The molecule has 1 aromatic rings. The number of hydrogen-bond donors (Lipinski definition) is 1. The average molecular weight is 261 g/mol. The van der Waals surface area contributed by atoms with Gasteiger partial charge >= 0.3 is 0 Å². The molecule has 1 heterocycles. The van der Waals surface area contributed by atoms with Crippen LogP contribution in [-0.4, -0.2) is 13.1 Å². The molecular weight excluding hydrogens is 237 g/mol. The molecule has 19 heavy (non-hydrogen) atoms. The van der Waals surface area contributed by atoms with Gasteiger partial charge in [0.05, 0.1) is 0 Å². The van der Waals surface area contributed by atoms with Gasteiger partial charge in [-0.3, -0.25) is 0 Å². The second-order valence-corrected chi connectivity index (χ2v) is 6.44. The summed E-state index contributed by atoms with van der Waals surface area (Å²) in [5.41, 5.74) is 1.63. The lowest BCUT2D eigenvalue weighted by Crippen LogP contribution is -2.42. The molecule has 2 aliphatic rings. The first-order chi connectivity index (χ1) is 9.23. The molecule has 1 aromatic carbocycles. The molecule has 2 heteroatoms. The summed E-state index contributed by atoms with van der Waals surface area (Å²) in [5.74, 6) is 1.28. The number of piperidine rings is 1. The van der Waals surface area contributed by atoms with Gasteiger partial charge in [0.1, 0.15) is 5.82 Å². The van der Waals surface area contributed by atoms with Crippen LogP contribution in [0.15, 0.2) is 24.3 Å². The molecule has 3 rings (SSSR count). The summed E-state index contributed by atoms with van der Waals surface area (Å²) in [6, 6.07) is 7.27. The minimum Gasteiger partial charge on any atom is -0.316 e. The summed E-state index contributed by atoms with van der Waals surface area (Å²) >= 11 is 0. The fourth-order valence-corrected chi connectivity index (χ4v) is 4.33. The lowest BCUT2D eigenvalue weighted by atomic mass is 9.66. The zero-order valence-electron chi connectivity index (χ0n) is 11.8. The number of benzene rings is 1. The SMILES string of the molecule is CCC1CCC2(CCNCC2c2cccc(F)c2)C1. The summed E-state index contributed by atoms with van der Waals surface area (Å²) in [7, 11) is 0. The van der Waals surface area contributed by atoms with E-state index < -0.39 is 0 Å². The van der Waals surface area contributed by atoms with E-state index in [1.54, 1.807) is 12.1 Å². The molecule has 1 aliphatic carbocycles. The van der Waals surface area contributed by atoms with Gasteiger partial charge in [0.25, 0.3) is 0 Å². The third kappa shape index (κ3) is 2.43. The predicted molar refractivity (Wildman–Crippen MR) is 76.7 cm³/mol. The largest absolute Gasteiger partial charge is 0.316 e. The maximum Gasteiger partial charge on any atom is 0.123 e. The standard InChI is InChI=1S/C17H24FN/c1-2-13-6-7-17(11-13)8-9-19-12-16(17)14-4-3-5-15(18)10-14/h3-5,10,13,16,19H,2,6-9,11-12H2,1H3. The van der Waals surface area contributed by atoms with Gasteiger partial charge in [-0.1, -0.05) is 25.5 Å². The van der Waals surface area contributed by atoms with Crippen molar-refractivity contribution in [3.63, 3.8) is 0 Å². The van der Waals surface area contributed by atoms with E-state index in [4.69, 9.17) is 0 Å². The van der Waals surface area contributed by atoms with Crippen molar-refractivity contribution in [2.75, 3.05) is 13.1 Å². The third-order valence-electron chi connectivity index (χ3n) is 5.46. The highest BCUT2D eigenvalue weighted by atomic mass is 19.1. The Morgan fingerprint density at radius 1 is 1.37 bits per heavy atom.